The first-order valence-electron chi connectivity index (χ1n) is 6.03. The van der Waals surface area contributed by atoms with Gasteiger partial charge in [0.2, 0.25) is 5.91 Å². The van der Waals surface area contributed by atoms with Crippen molar-refractivity contribution in [1.82, 2.24) is 5.32 Å². The van der Waals surface area contributed by atoms with Gasteiger partial charge < -0.3 is 20.9 Å². The van der Waals surface area contributed by atoms with E-state index in [4.69, 9.17) is 15.6 Å². The summed E-state index contributed by atoms with van der Waals surface area (Å²) in [6.45, 7) is 0. The molecule has 0 aliphatic heterocycles. The predicted molar refractivity (Wildman–Crippen MR) is 70.1 cm³/mol. The maximum absolute atomic E-state index is 11.5. The van der Waals surface area contributed by atoms with E-state index in [1.165, 1.54) is 0 Å². The number of hydrogen-bond donors (Lipinski definition) is 3. The highest BCUT2D eigenvalue weighted by atomic mass is 16.6. The molecule has 7 nitrogen and oxygen atoms in total. The van der Waals surface area contributed by atoms with E-state index < -0.39 is 24.0 Å². The summed E-state index contributed by atoms with van der Waals surface area (Å²) in [5.41, 5.74) is 4.96. The molecule has 0 unspecified atom stereocenters. The van der Waals surface area contributed by atoms with E-state index in [1.807, 2.05) is 0 Å². The summed E-state index contributed by atoms with van der Waals surface area (Å²) in [6.07, 6.45) is -0.415. The van der Waals surface area contributed by atoms with Crippen LogP contribution in [0.2, 0.25) is 0 Å². The van der Waals surface area contributed by atoms with Gasteiger partial charge in [0.25, 0.3) is 0 Å². The molecular formula is C13H16N2O5. The number of carboxylic acids is 1. The van der Waals surface area contributed by atoms with Crippen LogP contribution >= 0.6 is 0 Å². The SMILES string of the molecule is NC(=O)CCC[C@@H](NC(=O)Oc1ccccc1)C(=O)O. The second-order valence-corrected chi connectivity index (χ2v) is 4.10. The fraction of sp³-hybridized carbons (Fsp3) is 0.308. The van der Waals surface area contributed by atoms with Gasteiger partial charge in [-0.05, 0) is 25.0 Å². The fourth-order valence-electron chi connectivity index (χ4n) is 1.51. The van der Waals surface area contributed by atoms with E-state index in [-0.39, 0.29) is 19.3 Å². The van der Waals surface area contributed by atoms with Crippen LogP contribution in [0.15, 0.2) is 30.3 Å². The molecule has 7 heteroatoms. The zero-order valence-electron chi connectivity index (χ0n) is 10.7. The molecule has 0 saturated carbocycles. The summed E-state index contributed by atoms with van der Waals surface area (Å²) < 4.78 is 4.92. The molecule has 4 N–H and O–H groups in total. The van der Waals surface area contributed by atoms with Crippen LogP contribution < -0.4 is 15.8 Å². The van der Waals surface area contributed by atoms with Gasteiger partial charge in [-0.25, -0.2) is 9.59 Å². The highest BCUT2D eigenvalue weighted by Gasteiger charge is 2.20. The summed E-state index contributed by atoms with van der Waals surface area (Å²) in [6, 6.07) is 7.15. The lowest BCUT2D eigenvalue weighted by atomic mass is 10.1. The molecule has 0 spiro atoms. The average Bonchev–Trinajstić information content (AvgIpc) is 2.38. The van der Waals surface area contributed by atoms with Gasteiger partial charge in [0, 0.05) is 6.42 Å². The number of amides is 2. The number of carbonyl (C=O) groups excluding carboxylic acids is 2. The van der Waals surface area contributed by atoms with E-state index in [0.29, 0.717) is 5.75 Å². The zero-order chi connectivity index (χ0) is 15.0. The van der Waals surface area contributed by atoms with Gasteiger partial charge in [0.15, 0.2) is 0 Å². The summed E-state index contributed by atoms with van der Waals surface area (Å²) >= 11 is 0. The van der Waals surface area contributed by atoms with Crippen molar-refractivity contribution in [2.45, 2.75) is 25.3 Å². The largest absolute Gasteiger partial charge is 0.480 e. The molecule has 1 atom stereocenters. The van der Waals surface area contributed by atoms with Gasteiger partial charge >= 0.3 is 12.1 Å². The smallest absolute Gasteiger partial charge is 0.413 e. The lowest BCUT2D eigenvalue weighted by Crippen LogP contribution is -2.42. The van der Waals surface area contributed by atoms with Crippen molar-refractivity contribution in [2.24, 2.45) is 5.73 Å². The molecule has 1 aromatic rings. The number of carbonyl (C=O) groups is 3. The molecular weight excluding hydrogens is 264 g/mol. The number of rotatable bonds is 7. The van der Waals surface area contributed by atoms with Crippen LogP contribution in [0.3, 0.4) is 0 Å². The molecule has 0 heterocycles. The maximum atomic E-state index is 11.5. The Morgan fingerprint density at radius 2 is 1.90 bits per heavy atom. The predicted octanol–water partition coefficient (Wildman–Crippen LogP) is 0.884. The number of aliphatic carboxylic acids is 1. The monoisotopic (exact) mass is 280 g/mol. The normalized spacial score (nSPS) is 11.4. The Labute approximate surface area is 115 Å². The minimum atomic E-state index is -1.19. The Kier molecular flexibility index (Phi) is 6.02. The van der Waals surface area contributed by atoms with Crippen molar-refractivity contribution < 1.29 is 24.2 Å². The van der Waals surface area contributed by atoms with Gasteiger partial charge in [-0.3, -0.25) is 4.79 Å². The second-order valence-electron chi connectivity index (χ2n) is 4.10. The molecule has 20 heavy (non-hydrogen) atoms. The molecule has 1 aromatic carbocycles. The van der Waals surface area contributed by atoms with E-state index in [0.717, 1.165) is 0 Å². The number of para-hydroxylation sites is 1. The highest BCUT2D eigenvalue weighted by molar-refractivity contribution is 5.81. The summed E-state index contributed by atoms with van der Waals surface area (Å²) in [4.78, 5) is 33.1. The maximum Gasteiger partial charge on any atom is 0.413 e. The first-order valence-corrected chi connectivity index (χ1v) is 6.03. The lowest BCUT2D eigenvalue weighted by Gasteiger charge is -2.13. The van der Waals surface area contributed by atoms with Crippen molar-refractivity contribution >= 4 is 18.0 Å². The molecule has 0 fully saturated rings. The Balaban J connectivity index is 2.46. The Morgan fingerprint density at radius 1 is 1.25 bits per heavy atom. The number of nitrogens with two attached hydrogens (primary N) is 1. The first-order chi connectivity index (χ1) is 9.49. The van der Waals surface area contributed by atoms with E-state index >= 15 is 0 Å². The van der Waals surface area contributed by atoms with Crippen molar-refractivity contribution in [2.75, 3.05) is 0 Å². The number of hydrogen-bond acceptors (Lipinski definition) is 4. The van der Waals surface area contributed by atoms with Gasteiger partial charge in [-0.1, -0.05) is 18.2 Å². The van der Waals surface area contributed by atoms with Gasteiger partial charge in [0.1, 0.15) is 11.8 Å². The van der Waals surface area contributed by atoms with E-state index in [9.17, 15) is 14.4 Å². The van der Waals surface area contributed by atoms with Gasteiger partial charge in [-0.15, -0.1) is 0 Å². The van der Waals surface area contributed by atoms with Crippen molar-refractivity contribution in [3.8, 4) is 5.75 Å². The quantitative estimate of drug-likeness (QED) is 0.685. The zero-order valence-corrected chi connectivity index (χ0v) is 10.7. The van der Waals surface area contributed by atoms with Crippen molar-refractivity contribution in [1.29, 1.82) is 0 Å². The Hall–Kier alpha value is -2.57. The highest BCUT2D eigenvalue weighted by Crippen LogP contribution is 2.09. The molecule has 108 valence electrons. The Morgan fingerprint density at radius 3 is 2.45 bits per heavy atom. The minimum absolute atomic E-state index is 0.0686. The number of ether oxygens (including phenoxy) is 1. The number of benzene rings is 1. The summed E-state index contributed by atoms with van der Waals surface area (Å²) in [5.74, 6) is -1.40. The second kappa shape index (κ2) is 7.78. The lowest BCUT2D eigenvalue weighted by molar-refractivity contribution is -0.139. The number of primary amides is 1. The van der Waals surface area contributed by atoms with Gasteiger partial charge in [0.05, 0.1) is 0 Å². The molecule has 0 aliphatic rings. The van der Waals surface area contributed by atoms with Crippen LogP contribution in [0.5, 0.6) is 5.75 Å². The third-order valence-corrected chi connectivity index (χ3v) is 2.46. The fourth-order valence-corrected chi connectivity index (χ4v) is 1.51. The average molecular weight is 280 g/mol. The summed E-state index contributed by atoms with van der Waals surface area (Å²) in [7, 11) is 0. The van der Waals surface area contributed by atoms with Crippen LogP contribution in [0.4, 0.5) is 4.79 Å². The molecule has 0 aromatic heterocycles. The van der Waals surface area contributed by atoms with E-state index in [1.54, 1.807) is 30.3 Å². The molecule has 0 aliphatic carbocycles. The first kappa shape index (κ1) is 15.5. The molecule has 0 saturated heterocycles. The van der Waals surface area contributed by atoms with E-state index in [2.05, 4.69) is 5.32 Å². The van der Waals surface area contributed by atoms with Crippen molar-refractivity contribution in [3.63, 3.8) is 0 Å². The minimum Gasteiger partial charge on any atom is -0.480 e. The number of nitrogens with one attached hydrogen (secondary N) is 1. The summed E-state index contributed by atoms with van der Waals surface area (Å²) in [5, 5.41) is 11.2. The Bertz CT molecular complexity index is 475. The van der Waals surface area contributed by atoms with Gasteiger partial charge in [-0.2, -0.15) is 0 Å². The van der Waals surface area contributed by atoms with Crippen molar-refractivity contribution in [3.05, 3.63) is 30.3 Å². The van der Waals surface area contributed by atoms with Crippen LogP contribution in [0.1, 0.15) is 19.3 Å². The number of carboxylic acid groups (broad SMARTS) is 1. The molecule has 2 amide bonds. The van der Waals surface area contributed by atoms with Crippen LogP contribution in [-0.4, -0.2) is 29.1 Å². The third kappa shape index (κ3) is 5.85. The topological polar surface area (TPSA) is 119 Å². The molecule has 1 rings (SSSR count). The molecule has 0 bridgehead atoms. The van der Waals surface area contributed by atoms with Crippen LogP contribution in [0, 0.1) is 0 Å². The standard InChI is InChI=1S/C13H16N2O5/c14-11(16)8-4-7-10(12(17)18)15-13(19)20-9-5-2-1-3-6-9/h1-3,5-6,10H,4,7-8H2,(H2,14,16)(H,15,19)(H,17,18)/t10-/m1/s1. The molecule has 0 radical (unpaired) electrons. The van der Waals surface area contributed by atoms with Crippen LogP contribution in [-0.2, 0) is 9.59 Å². The van der Waals surface area contributed by atoms with Crippen LogP contribution in [0.25, 0.3) is 0 Å². The third-order valence-electron chi connectivity index (χ3n) is 2.46.